The second-order valence-electron chi connectivity index (χ2n) is 6.00. The molecule has 2 aliphatic rings. The topological polar surface area (TPSA) is 35.5 Å². The zero-order valence-corrected chi connectivity index (χ0v) is 11.0. The third-order valence-corrected chi connectivity index (χ3v) is 4.33. The molecule has 0 amide bonds. The van der Waals surface area contributed by atoms with E-state index in [1.165, 1.54) is 18.4 Å². The largest absolute Gasteiger partial charge is 0.508 e. The Bertz CT molecular complexity index is 413. The number of benzene rings is 1. The highest BCUT2D eigenvalue weighted by atomic mass is 16.3. The fourth-order valence-corrected chi connectivity index (χ4v) is 3.09. The summed E-state index contributed by atoms with van der Waals surface area (Å²) in [5.41, 5.74) is 1.60. The number of hydrogen-bond acceptors (Lipinski definition) is 3. The second-order valence-corrected chi connectivity index (χ2v) is 6.00. The van der Waals surface area contributed by atoms with Gasteiger partial charge >= 0.3 is 0 Å². The number of phenols is 1. The summed E-state index contributed by atoms with van der Waals surface area (Å²) < 4.78 is 0. The van der Waals surface area contributed by atoms with Gasteiger partial charge in [-0.2, -0.15) is 0 Å². The molecule has 3 heteroatoms. The van der Waals surface area contributed by atoms with Crippen LogP contribution in [-0.4, -0.2) is 35.2 Å². The van der Waals surface area contributed by atoms with Crippen LogP contribution in [0.15, 0.2) is 24.3 Å². The molecule has 1 saturated carbocycles. The summed E-state index contributed by atoms with van der Waals surface area (Å²) in [6.07, 6.45) is 2.77. The van der Waals surface area contributed by atoms with Crippen LogP contribution in [0.1, 0.15) is 25.3 Å². The van der Waals surface area contributed by atoms with Crippen molar-refractivity contribution in [3.8, 4) is 5.75 Å². The van der Waals surface area contributed by atoms with E-state index < -0.39 is 0 Å². The molecule has 1 aromatic carbocycles. The molecular formula is C15H22N2O. The Morgan fingerprint density at radius 3 is 2.72 bits per heavy atom. The summed E-state index contributed by atoms with van der Waals surface area (Å²) in [6, 6.07) is 7.59. The summed E-state index contributed by atoms with van der Waals surface area (Å²) >= 11 is 0. The van der Waals surface area contributed by atoms with Gasteiger partial charge < -0.3 is 10.4 Å². The highest BCUT2D eigenvalue weighted by Gasteiger charge is 2.43. The standard InChI is InChI=1S/C15H22N2O/c1-15(13-4-5-13)11-17(9-8-16-15)10-12-2-6-14(18)7-3-12/h2-3,6-7,13,16,18H,4-5,8-11H2,1H3. The van der Waals surface area contributed by atoms with Crippen molar-refractivity contribution in [1.82, 2.24) is 10.2 Å². The van der Waals surface area contributed by atoms with Gasteiger partial charge in [0.15, 0.2) is 0 Å². The molecule has 0 radical (unpaired) electrons. The zero-order valence-electron chi connectivity index (χ0n) is 11.0. The molecule has 1 aliphatic carbocycles. The quantitative estimate of drug-likeness (QED) is 0.856. The first-order valence-corrected chi connectivity index (χ1v) is 6.91. The Morgan fingerprint density at radius 2 is 2.06 bits per heavy atom. The average Bonchev–Trinajstić information content (AvgIpc) is 3.17. The van der Waals surface area contributed by atoms with Crippen LogP contribution in [0.3, 0.4) is 0 Å². The third-order valence-electron chi connectivity index (χ3n) is 4.33. The van der Waals surface area contributed by atoms with Gasteiger partial charge in [0.25, 0.3) is 0 Å². The lowest BCUT2D eigenvalue weighted by Gasteiger charge is -2.42. The monoisotopic (exact) mass is 246 g/mol. The molecule has 1 aliphatic heterocycles. The predicted molar refractivity (Wildman–Crippen MR) is 72.5 cm³/mol. The Hall–Kier alpha value is -1.06. The van der Waals surface area contributed by atoms with Crippen LogP contribution in [0.2, 0.25) is 0 Å². The van der Waals surface area contributed by atoms with Crippen molar-refractivity contribution in [2.45, 2.75) is 31.8 Å². The normalized spacial score (nSPS) is 29.4. The average molecular weight is 246 g/mol. The molecule has 2 fully saturated rings. The highest BCUT2D eigenvalue weighted by molar-refractivity contribution is 5.25. The summed E-state index contributed by atoms with van der Waals surface area (Å²) in [6.45, 7) is 6.70. The maximum atomic E-state index is 9.30. The van der Waals surface area contributed by atoms with E-state index in [1.54, 1.807) is 12.1 Å². The molecule has 1 aromatic rings. The summed E-state index contributed by atoms with van der Waals surface area (Å²) in [4.78, 5) is 2.53. The molecule has 3 rings (SSSR count). The first kappa shape index (κ1) is 12.0. The van der Waals surface area contributed by atoms with E-state index in [-0.39, 0.29) is 0 Å². The minimum Gasteiger partial charge on any atom is -0.508 e. The van der Waals surface area contributed by atoms with E-state index in [9.17, 15) is 5.11 Å². The molecule has 2 N–H and O–H groups in total. The van der Waals surface area contributed by atoms with E-state index in [0.717, 1.165) is 32.1 Å². The zero-order chi connectivity index (χ0) is 12.6. The lowest BCUT2D eigenvalue weighted by atomic mass is 9.92. The lowest BCUT2D eigenvalue weighted by Crippen LogP contribution is -2.59. The van der Waals surface area contributed by atoms with Crippen molar-refractivity contribution in [2.24, 2.45) is 5.92 Å². The molecule has 18 heavy (non-hydrogen) atoms. The van der Waals surface area contributed by atoms with Crippen molar-refractivity contribution in [3.63, 3.8) is 0 Å². The fraction of sp³-hybridized carbons (Fsp3) is 0.600. The maximum absolute atomic E-state index is 9.30. The molecule has 1 saturated heterocycles. The Kier molecular flexibility index (Phi) is 3.04. The van der Waals surface area contributed by atoms with Gasteiger partial charge in [-0.1, -0.05) is 12.1 Å². The molecule has 98 valence electrons. The molecule has 0 aromatic heterocycles. The molecule has 1 atom stereocenters. The van der Waals surface area contributed by atoms with E-state index >= 15 is 0 Å². The molecular weight excluding hydrogens is 224 g/mol. The van der Waals surface area contributed by atoms with Crippen LogP contribution in [-0.2, 0) is 6.54 Å². The lowest BCUT2D eigenvalue weighted by molar-refractivity contribution is 0.121. The molecule has 1 heterocycles. The van der Waals surface area contributed by atoms with E-state index in [4.69, 9.17) is 0 Å². The summed E-state index contributed by atoms with van der Waals surface area (Å²) in [7, 11) is 0. The van der Waals surface area contributed by atoms with Gasteiger partial charge in [-0.25, -0.2) is 0 Å². The first-order valence-electron chi connectivity index (χ1n) is 6.91. The predicted octanol–water partition coefficient (Wildman–Crippen LogP) is 1.97. The highest BCUT2D eigenvalue weighted by Crippen LogP contribution is 2.40. The Labute approximate surface area is 109 Å². The Balaban J connectivity index is 1.64. The SMILES string of the molecule is CC1(C2CC2)CN(Cc2ccc(O)cc2)CCN1. The van der Waals surface area contributed by atoms with Crippen LogP contribution in [0.5, 0.6) is 5.75 Å². The molecule has 3 nitrogen and oxygen atoms in total. The van der Waals surface area contributed by atoms with Gasteiger partial charge in [0.05, 0.1) is 0 Å². The van der Waals surface area contributed by atoms with Crippen molar-refractivity contribution in [3.05, 3.63) is 29.8 Å². The van der Waals surface area contributed by atoms with Gasteiger partial charge in [-0.3, -0.25) is 4.90 Å². The number of nitrogens with zero attached hydrogens (tertiary/aromatic N) is 1. The molecule has 0 bridgehead atoms. The van der Waals surface area contributed by atoms with E-state index in [0.29, 0.717) is 11.3 Å². The summed E-state index contributed by atoms with van der Waals surface area (Å²) in [5, 5.41) is 13.0. The van der Waals surface area contributed by atoms with Gasteiger partial charge in [-0.05, 0) is 43.4 Å². The van der Waals surface area contributed by atoms with Crippen LogP contribution < -0.4 is 5.32 Å². The van der Waals surface area contributed by atoms with Gasteiger partial charge in [-0.15, -0.1) is 0 Å². The second kappa shape index (κ2) is 4.56. The fourth-order valence-electron chi connectivity index (χ4n) is 3.09. The van der Waals surface area contributed by atoms with Crippen LogP contribution in [0.25, 0.3) is 0 Å². The number of phenolic OH excluding ortho intramolecular Hbond substituents is 1. The molecule has 1 unspecified atom stereocenters. The smallest absolute Gasteiger partial charge is 0.115 e. The van der Waals surface area contributed by atoms with Gasteiger partial charge in [0, 0.05) is 31.7 Å². The number of hydrogen-bond donors (Lipinski definition) is 2. The number of nitrogens with one attached hydrogen (secondary N) is 1. The number of aromatic hydroxyl groups is 1. The van der Waals surface area contributed by atoms with Crippen molar-refractivity contribution < 1.29 is 5.11 Å². The first-order chi connectivity index (χ1) is 8.66. The van der Waals surface area contributed by atoms with Crippen LogP contribution in [0, 0.1) is 5.92 Å². The third kappa shape index (κ3) is 2.52. The van der Waals surface area contributed by atoms with E-state index in [1.807, 2.05) is 12.1 Å². The summed E-state index contributed by atoms with van der Waals surface area (Å²) in [5.74, 6) is 1.22. The maximum Gasteiger partial charge on any atom is 0.115 e. The number of piperazine rings is 1. The van der Waals surface area contributed by atoms with Crippen LogP contribution in [0.4, 0.5) is 0 Å². The number of rotatable bonds is 3. The van der Waals surface area contributed by atoms with Gasteiger partial charge in [0.2, 0.25) is 0 Å². The van der Waals surface area contributed by atoms with Crippen molar-refractivity contribution in [2.75, 3.05) is 19.6 Å². The minimum absolute atomic E-state index is 0.315. The minimum atomic E-state index is 0.315. The Morgan fingerprint density at radius 1 is 1.33 bits per heavy atom. The molecule has 0 spiro atoms. The van der Waals surface area contributed by atoms with E-state index in [2.05, 4.69) is 17.1 Å². The van der Waals surface area contributed by atoms with Crippen molar-refractivity contribution in [1.29, 1.82) is 0 Å². The van der Waals surface area contributed by atoms with Crippen molar-refractivity contribution >= 4 is 0 Å². The van der Waals surface area contributed by atoms with Gasteiger partial charge in [0.1, 0.15) is 5.75 Å². The van der Waals surface area contributed by atoms with Crippen LogP contribution >= 0.6 is 0 Å².